The van der Waals surface area contributed by atoms with Crippen LogP contribution in [0.15, 0.2) is 29.2 Å². The largest absolute Gasteiger partial charge is 0.497 e. The first-order valence-electron chi connectivity index (χ1n) is 5.87. The van der Waals surface area contributed by atoms with Crippen molar-refractivity contribution in [3.63, 3.8) is 0 Å². The van der Waals surface area contributed by atoms with Gasteiger partial charge < -0.3 is 4.74 Å². The van der Waals surface area contributed by atoms with Gasteiger partial charge in [0.05, 0.1) is 29.2 Å². The molecular formula is C13H15NO3S. The van der Waals surface area contributed by atoms with Gasteiger partial charge in [0.25, 0.3) is 0 Å². The van der Waals surface area contributed by atoms with E-state index in [9.17, 15) is 8.42 Å². The average molecular weight is 265 g/mol. The molecule has 96 valence electrons. The Morgan fingerprint density at radius 1 is 1.39 bits per heavy atom. The van der Waals surface area contributed by atoms with Crippen LogP contribution in [0.25, 0.3) is 0 Å². The lowest BCUT2D eigenvalue weighted by atomic mass is 10.1. The smallest absolute Gasteiger partial charge is 0.182 e. The molecule has 1 saturated carbocycles. The fourth-order valence-corrected chi connectivity index (χ4v) is 4.40. The van der Waals surface area contributed by atoms with E-state index in [-0.39, 0.29) is 10.8 Å². The highest BCUT2D eigenvalue weighted by molar-refractivity contribution is 7.92. The molecule has 0 aliphatic heterocycles. The first kappa shape index (κ1) is 12.9. The van der Waals surface area contributed by atoms with Crippen LogP contribution in [0, 0.1) is 17.2 Å². The van der Waals surface area contributed by atoms with Crippen molar-refractivity contribution in [1.82, 2.24) is 0 Å². The Balaban J connectivity index is 2.39. The topological polar surface area (TPSA) is 67.2 Å². The Hall–Kier alpha value is -1.54. The Morgan fingerprint density at radius 3 is 2.83 bits per heavy atom. The minimum Gasteiger partial charge on any atom is -0.497 e. The van der Waals surface area contributed by atoms with Crippen LogP contribution in [-0.2, 0) is 9.84 Å². The van der Waals surface area contributed by atoms with Gasteiger partial charge in [0.1, 0.15) is 5.75 Å². The molecule has 5 heteroatoms. The van der Waals surface area contributed by atoms with Crippen molar-refractivity contribution in [1.29, 1.82) is 5.26 Å². The van der Waals surface area contributed by atoms with Gasteiger partial charge in [-0.25, -0.2) is 8.42 Å². The van der Waals surface area contributed by atoms with E-state index < -0.39 is 15.1 Å². The number of nitriles is 1. The van der Waals surface area contributed by atoms with E-state index in [0.717, 1.165) is 6.42 Å². The van der Waals surface area contributed by atoms with Gasteiger partial charge in [-0.1, -0.05) is 12.5 Å². The maximum atomic E-state index is 12.5. The Bertz CT molecular complexity index is 574. The normalized spacial score (nSPS) is 23.6. The van der Waals surface area contributed by atoms with Crippen molar-refractivity contribution in [2.24, 2.45) is 5.92 Å². The molecule has 2 atom stereocenters. The summed E-state index contributed by atoms with van der Waals surface area (Å²) in [6, 6.07) is 8.54. The number of rotatable bonds is 3. The predicted octanol–water partition coefficient (Wildman–Crippen LogP) is 2.16. The van der Waals surface area contributed by atoms with Crippen molar-refractivity contribution < 1.29 is 13.2 Å². The monoisotopic (exact) mass is 265 g/mol. The van der Waals surface area contributed by atoms with Gasteiger partial charge in [-0.3, -0.25) is 0 Å². The van der Waals surface area contributed by atoms with E-state index in [4.69, 9.17) is 10.00 Å². The predicted molar refractivity (Wildman–Crippen MR) is 66.9 cm³/mol. The number of benzene rings is 1. The first-order chi connectivity index (χ1) is 8.59. The minimum atomic E-state index is -3.44. The summed E-state index contributed by atoms with van der Waals surface area (Å²) in [4.78, 5) is 0.244. The molecule has 18 heavy (non-hydrogen) atoms. The van der Waals surface area contributed by atoms with Gasteiger partial charge in [-0.05, 0) is 31.0 Å². The third-order valence-electron chi connectivity index (χ3n) is 3.39. The van der Waals surface area contributed by atoms with E-state index in [1.54, 1.807) is 18.2 Å². The van der Waals surface area contributed by atoms with Gasteiger partial charge >= 0.3 is 0 Å². The number of sulfone groups is 1. The second kappa shape index (κ2) is 4.99. The van der Waals surface area contributed by atoms with E-state index >= 15 is 0 Å². The fraction of sp³-hybridized carbons (Fsp3) is 0.462. The van der Waals surface area contributed by atoms with Gasteiger partial charge in [0.15, 0.2) is 9.84 Å². The van der Waals surface area contributed by atoms with Gasteiger partial charge in [0, 0.05) is 0 Å². The third-order valence-corrected chi connectivity index (χ3v) is 5.66. The second-order valence-corrected chi connectivity index (χ2v) is 6.60. The molecule has 1 aliphatic carbocycles. The molecule has 2 unspecified atom stereocenters. The second-order valence-electron chi connectivity index (χ2n) is 4.43. The van der Waals surface area contributed by atoms with Crippen molar-refractivity contribution in [2.75, 3.05) is 7.11 Å². The number of nitrogens with zero attached hydrogens (tertiary/aromatic N) is 1. The first-order valence-corrected chi connectivity index (χ1v) is 7.42. The quantitative estimate of drug-likeness (QED) is 0.840. The summed E-state index contributed by atoms with van der Waals surface area (Å²) in [7, 11) is -1.94. The summed E-state index contributed by atoms with van der Waals surface area (Å²) in [5.41, 5.74) is 0. The zero-order valence-corrected chi connectivity index (χ0v) is 11.0. The zero-order chi connectivity index (χ0) is 13.2. The molecule has 0 aromatic heterocycles. The van der Waals surface area contributed by atoms with Crippen molar-refractivity contribution in [3.8, 4) is 11.8 Å². The van der Waals surface area contributed by atoms with Crippen LogP contribution in [0.5, 0.6) is 5.75 Å². The Morgan fingerprint density at radius 2 is 2.17 bits per heavy atom. The fourth-order valence-electron chi connectivity index (χ4n) is 2.40. The summed E-state index contributed by atoms with van der Waals surface area (Å²) < 4.78 is 30.0. The molecular weight excluding hydrogens is 250 g/mol. The van der Waals surface area contributed by atoms with E-state index in [1.165, 1.54) is 13.2 Å². The van der Waals surface area contributed by atoms with Crippen LogP contribution in [0.4, 0.5) is 0 Å². The Kier molecular flexibility index (Phi) is 3.58. The molecule has 2 rings (SSSR count). The lowest BCUT2D eigenvalue weighted by Crippen LogP contribution is -2.24. The van der Waals surface area contributed by atoms with Crippen molar-refractivity contribution >= 4 is 9.84 Å². The molecule has 0 amide bonds. The number of methoxy groups -OCH3 is 1. The molecule has 0 N–H and O–H groups in total. The summed E-state index contributed by atoms with van der Waals surface area (Å²) >= 11 is 0. The van der Waals surface area contributed by atoms with Crippen molar-refractivity contribution in [3.05, 3.63) is 24.3 Å². The lowest BCUT2D eigenvalue weighted by Gasteiger charge is -2.15. The zero-order valence-electron chi connectivity index (χ0n) is 10.2. The SMILES string of the molecule is COc1cccc(S(=O)(=O)C2CCCC2C#N)c1. The van der Waals surface area contributed by atoms with Gasteiger partial charge in [-0.15, -0.1) is 0 Å². The highest BCUT2D eigenvalue weighted by atomic mass is 32.2. The molecule has 1 aromatic rings. The molecule has 4 nitrogen and oxygen atoms in total. The van der Waals surface area contributed by atoms with Crippen LogP contribution < -0.4 is 4.74 Å². The molecule has 1 fully saturated rings. The molecule has 0 heterocycles. The van der Waals surface area contributed by atoms with E-state index in [2.05, 4.69) is 6.07 Å². The number of ether oxygens (including phenoxy) is 1. The molecule has 1 aromatic carbocycles. The van der Waals surface area contributed by atoms with Gasteiger partial charge in [-0.2, -0.15) is 5.26 Å². The summed E-state index contributed by atoms with van der Waals surface area (Å²) in [6.45, 7) is 0. The van der Waals surface area contributed by atoms with Crippen LogP contribution in [0.2, 0.25) is 0 Å². The molecule has 0 spiro atoms. The maximum absolute atomic E-state index is 12.5. The van der Waals surface area contributed by atoms with Gasteiger partial charge in [0.2, 0.25) is 0 Å². The summed E-state index contributed by atoms with van der Waals surface area (Å²) in [5, 5.41) is 8.43. The standard InChI is InChI=1S/C13H15NO3S/c1-17-11-5-3-6-12(8-11)18(15,16)13-7-2-4-10(13)9-14/h3,5-6,8,10,13H,2,4,7H2,1H3. The molecule has 0 bridgehead atoms. The van der Waals surface area contributed by atoms with Crippen LogP contribution in [0.1, 0.15) is 19.3 Å². The van der Waals surface area contributed by atoms with E-state index in [0.29, 0.717) is 18.6 Å². The van der Waals surface area contributed by atoms with Crippen LogP contribution in [0.3, 0.4) is 0 Å². The average Bonchev–Trinajstić information content (AvgIpc) is 2.88. The molecule has 0 radical (unpaired) electrons. The van der Waals surface area contributed by atoms with E-state index in [1.807, 2.05) is 0 Å². The highest BCUT2D eigenvalue weighted by Crippen LogP contribution is 2.34. The Labute approximate surface area is 107 Å². The summed E-state index contributed by atoms with van der Waals surface area (Å²) in [5.74, 6) is 0.129. The summed E-state index contributed by atoms with van der Waals surface area (Å²) in [6.07, 6.45) is 2.04. The maximum Gasteiger partial charge on any atom is 0.182 e. The van der Waals surface area contributed by atoms with Crippen LogP contribution >= 0.6 is 0 Å². The number of hydrogen-bond donors (Lipinski definition) is 0. The highest BCUT2D eigenvalue weighted by Gasteiger charge is 2.38. The third kappa shape index (κ3) is 2.21. The minimum absolute atomic E-state index is 0.244. The lowest BCUT2D eigenvalue weighted by molar-refractivity contribution is 0.413. The van der Waals surface area contributed by atoms with Crippen LogP contribution in [-0.4, -0.2) is 20.8 Å². The van der Waals surface area contributed by atoms with Crippen molar-refractivity contribution in [2.45, 2.75) is 29.4 Å². The molecule has 1 aliphatic rings. The number of hydrogen-bond acceptors (Lipinski definition) is 4. The molecule has 0 saturated heterocycles.